The molecule has 3 heterocycles. The van der Waals surface area contributed by atoms with Gasteiger partial charge in [0.1, 0.15) is 16.9 Å². The van der Waals surface area contributed by atoms with Crippen LogP contribution in [0, 0.1) is 0 Å². The summed E-state index contributed by atoms with van der Waals surface area (Å²) in [6.45, 7) is 0. The summed E-state index contributed by atoms with van der Waals surface area (Å²) < 4.78 is 6.62. The second-order valence-electron chi connectivity index (χ2n) is 15.0. The van der Waals surface area contributed by atoms with Gasteiger partial charge in [-0.1, -0.05) is 170 Å². The maximum atomic E-state index is 6.62. The van der Waals surface area contributed by atoms with E-state index in [0.717, 1.165) is 77.6 Å². The van der Waals surface area contributed by atoms with E-state index in [1.165, 1.54) is 11.1 Å². The van der Waals surface area contributed by atoms with Crippen LogP contribution in [0.5, 0.6) is 0 Å². The number of pyridine rings is 1. The van der Waals surface area contributed by atoms with E-state index in [9.17, 15) is 0 Å². The lowest BCUT2D eigenvalue weighted by Gasteiger charge is -2.19. The Morgan fingerprint density at radius 3 is 1.49 bits per heavy atom. The molecule has 0 spiro atoms. The summed E-state index contributed by atoms with van der Waals surface area (Å²) in [6, 6.07) is 73.6. The Kier molecular flexibility index (Phi) is 9.10. The van der Waals surface area contributed by atoms with Crippen molar-refractivity contribution in [3.8, 4) is 89.9 Å². The maximum Gasteiger partial charge on any atom is 0.182 e. The number of para-hydroxylation sites is 1. The van der Waals surface area contributed by atoms with Gasteiger partial charge in [-0.25, -0.2) is 15.0 Å². The predicted molar refractivity (Wildman–Crippen MR) is 248 cm³/mol. The Hall–Kier alpha value is -8.28. The Bertz CT molecular complexity index is 3310. The van der Waals surface area contributed by atoms with Crippen molar-refractivity contribution in [2.45, 2.75) is 0 Å². The minimum Gasteiger partial charge on any atom is -0.455 e. The molecule has 0 aliphatic rings. The molecule has 5 nitrogen and oxygen atoms in total. The summed E-state index contributed by atoms with van der Waals surface area (Å²) in [7, 11) is 0. The number of hydrogen-bond acceptors (Lipinski definition) is 5. The highest BCUT2D eigenvalue weighted by Crippen LogP contribution is 2.45. The van der Waals surface area contributed by atoms with Crippen LogP contribution < -0.4 is 0 Å². The van der Waals surface area contributed by atoms with Crippen molar-refractivity contribution in [1.82, 2.24) is 19.9 Å². The Morgan fingerprint density at radius 2 is 0.836 bits per heavy atom. The van der Waals surface area contributed by atoms with Crippen molar-refractivity contribution in [3.05, 3.63) is 219 Å². The van der Waals surface area contributed by atoms with E-state index in [-0.39, 0.29) is 0 Å². The highest BCUT2D eigenvalue weighted by atomic mass is 16.3. The average Bonchev–Trinajstić information content (AvgIpc) is 3.74. The van der Waals surface area contributed by atoms with Gasteiger partial charge in [-0.15, -0.1) is 0 Å². The van der Waals surface area contributed by atoms with Crippen LogP contribution in [0.2, 0.25) is 0 Å². The molecule has 0 N–H and O–H groups in total. The van der Waals surface area contributed by atoms with E-state index in [4.69, 9.17) is 19.4 Å². The molecule has 0 radical (unpaired) electrons. The minimum atomic E-state index is 0.493. The average molecular weight is 781 g/mol. The van der Waals surface area contributed by atoms with Gasteiger partial charge in [0.05, 0.1) is 0 Å². The lowest BCUT2D eigenvalue weighted by atomic mass is 9.84. The number of benzene rings is 8. The van der Waals surface area contributed by atoms with Crippen molar-refractivity contribution in [2.24, 2.45) is 0 Å². The number of fused-ring (bicyclic) bond motifs is 3. The van der Waals surface area contributed by atoms with E-state index < -0.39 is 0 Å². The molecule has 61 heavy (non-hydrogen) atoms. The van der Waals surface area contributed by atoms with Gasteiger partial charge in [-0.05, 0) is 92.5 Å². The fourth-order valence-electron chi connectivity index (χ4n) is 8.32. The first-order chi connectivity index (χ1) is 30.2. The third kappa shape index (κ3) is 6.74. The van der Waals surface area contributed by atoms with Crippen molar-refractivity contribution in [3.63, 3.8) is 0 Å². The first kappa shape index (κ1) is 35.8. The Balaban J connectivity index is 1.10. The van der Waals surface area contributed by atoms with Crippen molar-refractivity contribution < 1.29 is 4.42 Å². The summed E-state index contributed by atoms with van der Waals surface area (Å²) in [4.78, 5) is 20.0. The molecule has 0 aliphatic carbocycles. The smallest absolute Gasteiger partial charge is 0.182 e. The first-order valence-corrected chi connectivity index (χ1v) is 20.4. The Labute approximate surface area is 353 Å². The SMILES string of the molecule is c1ccc(-c2cc(-c3ccccc3)c(-c3ccccc3)c(-c3ccc(-c4nc(-c5ccccn5)nc(-c5ccc(-c6ccccc6)c6oc7ccccc7c56)n4)cc3)c2)cc1. The molecule has 0 bridgehead atoms. The van der Waals surface area contributed by atoms with Crippen LogP contribution in [0.3, 0.4) is 0 Å². The van der Waals surface area contributed by atoms with E-state index in [0.29, 0.717) is 23.2 Å². The van der Waals surface area contributed by atoms with E-state index in [1.807, 2.05) is 54.6 Å². The number of nitrogens with zero attached hydrogens (tertiary/aromatic N) is 4. The van der Waals surface area contributed by atoms with Gasteiger partial charge in [-0.3, -0.25) is 4.98 Å². The van der Waals surface area contributed by atoms with Gasteiger partial charge in [-0.2, -0.15) is 0 Å². The molecule has 286 valence electrons. The van der Waals surface area contributed by atoms with Crippen LogP contribution in [0.4, 0.5) is 0 Å². The minimum absolute atomic E-state index is 0.493. The maximum absolute atomic E-state index is 6.62. The molecule has 0 amide bonds. The largest absolute Gasteiger partial charge is 0.455 e. The molecule has 0 unspecified atom stereocenters. The molecule has 11 rings (SSSR count). The number of rotatable bonds is 8. The number of hydrogen-bond donors (Lipinski definition) is 0. The standard InChI is InChI=1S/C56H36N4O/c1-5-17-37(18-6-1)43-35-47(39-21-9-3-10-22-39)51(41-23-11-4-12-24-41)48(36-43)40-28-30-42(31-29-40)54-58-55(60-56(59-54)49-26-15-16-34-57-49)46-33-32-44(38-19-7-2-8-20-38)53-52(46)45-25-13-14-27-50(45)61-53/h1-36H. The Morgan fingerprint density at radius 1 is 0.328 bits per heavy atom. The van der Waals surface area contributed by atoms with Crippen LogP contribution in [0.25, 0.3) is 112 Å². The van der Waals surface area contributed by atoms with Crippen molar-refractivity contribution in [1.29, 1.82) is 0 Å². The van der Waals surface area contributed by atoms with Gasteiger partial charge in [0, 0.05) is 33.7 Å². The number of furan rings is 1. The molecule has 0 saturated carbocycles. The highest BCUT2D eigenvalue weighted by Gasteiger charge is 2.22. The van der Waals surface area contributed by atoms with Crippen LogP contribution in [0.15, 0.2) is 223 Å². The summed E-state index contributed by atoms with van der Waals surface area (Å²) in [5.41, 5.74) is 15.2. The monoisotopic (exact) mass is 780 g/mol. The van der Waals surface area contributed by atoms with E-state index in [2.05, 4.69) is 163 Å². The van der Waals surface area contributed by atoms with Gasteiger partial charge < -0.3 is 4.42 Å². The normalized spacial score (nSPS) is 11.3. The molecule has 0 aliphatic heterocycles. The second-order valence-corrected chi connectivity index (χ2v) is 15.0. The van der Waals surface area contributed by atoms with Crippen LogP contribution in [-0.2, 0) is 0 Å². The van der Waals surface area contributed by atoms with Gasteiger partial charge >= 0.3 is 0 Å². The van der Waals surface area contributed by atoms with Crippen LogP contribution in [-0.4, -0.2) is 19.9 Å². The summed E-state index contributed by atoms with van der Waals surface area (Å²) in [6.07, 6.45) is 1.77. The van der Waals surface area contributed by atoms with Crippen LogP contribution in [0.1, 0.15) is 0 Å². The van der Waals surface area contributed by atoms with Crippen molar-refractivity contribution in [2.75, 3.05) is 0 Å². The molecule has 0 saturated heterocycles. The lowest BCUT2D eigenvalue weighted by Crippen LogP contribution is -2.01. The molecule has 5 heteroatoms. The molecular formula is C56H36N4O. The fraction of sp³-hybridized carbons (Fsp3) is 0. The molecule has 11 aromatic rings. The topological polar surface area (TPSA) is 64.7 Å². The van der Waals surface area contributed by atoms with Gasteiger partial charge in [0.15, 0.2) is 17.5 Å². The summed E-state index contributed by atoms with van der Waals surface area (Å²) >= 11 is 0. The van der Waals surface area contributed by atoms with E-state index in [1.54, 1.807) is 6.20 Å². The van der Waals surface area contributed by atoms with E-state index >= 15 is 0 Å². The zero-order chi connectivity index (χ0) is 40.5. The summed E-state index contributed by atoms with van der Waals surface area (Å²) in [5, 5.41) is 1.95. The highest BCUT2D eigenvalue weighted by molar-refractivity contribution is 6.15. The molecular weight excluding hydrogens is 745 g/mol. The zero-order valence-electron chi connectivity index (χ0n) is 33.0. The quantitative estimate of drug-likeness (QED) is 0.154. The predicted octanol–water partition coefficient (Wildman–Crippen LogP) is 14.5. The molecule has 0 fully saturated rings. The lowest BCUT2D eigenvalue weighted by molar-refractivity contribution is 0.670. The zero-order valence-corrected chi connectivity index (χ0v) is 33.0. The molecule has 0 atom stereocenters. The third-order valence-electron chi connectivity index (χ3n) is 11.2. The summed E-state index contributed by atoms with van der Waals surface area (Å²) in [5.74, 6) is 1.59. The molecule has 8 aromatic carbocycles. The molecule has 3 aromatic heterocycles. The second kappa shape index (κ2) is 15.5. The first-order valence-electron chi connectivity index (χ1n) is 20.4. The fourth-order valence-corrected chi connectivity index (χ4v) is 8.32. The van der Waals surface area contributed by atoms with Gasteiger partial charge in [0.2, 0.25) is 0 Å². The van der Waals surface area contributed by atoms with Crippen LogP contribution >= 0.6 is 0 Å². The van der Waals surface area contributed by atoms with Gasteiger partial charge in [0.25, 0.3) is 0 Å². The van der Waals surface area contributed by atoms with Crippen molar-refractivity contribution >= 4 is 21.9 Å². The number of aromatic nitrogens is 4. The third-order valence-corrected chi connectivity index (χ3v) is 11.2.